The highest BCUT2D eigenvalue weighted by Crippen LogP contribution is 2.48. The third-order valence-electron chi connectivity index (χ3n) is 11.4. The summed E-state index contributed by atoms with van der Waals surface area (Å²) >= 11 is 1.85. The fraction of sp³-hybridized carbons (Fsp3) is 0. The first-order valence-corrected chi connectivity index (χ1v) is 19.8. The Morgan fingerprint density at radius 1 is 0.429 bits per heavy atom. The van der Waals surface area contributed by atoms with Crippen LogP contribution in [0.3, 0.4) is 0 Å². The number of anilines is 3. The molecule has 0 atom stereocenters. The van der Waals surface area contributed by atoms with Crippen molar-refractivity contribution in [2.75, 3.05) is 4.90 Å². The van der Waals surface area contributed by atoms with E-state index in [0.717, 1.165) is 39.0 Å². The average Bonchev–Trinajstić information content (AvgIpc) is 3.94. The van der Waals surface area contributed by atoms with Crippen LogP contribution in [0.5, 0.6) is 0 Å². The molecule has 0 aliphatic carbocycles. The lowest BCUT2D eigenvalue weighted by Crippen LogP contribution is -2.10. The zero-order valence-electron chi connectivity index (χ0n) is 30.2. The third kappa shape index (κ3) is 4.70. The molecule has 12 rings (SSSR count). The highest BCUT2D eigenvalue weighted by atomic mass is 32.1. The summed E-state index contributed by atoms with van der Waals surface area (Å²) < 4.78 is 11.4. The highest BCUT2D eigenvalue weighted by Gasteiger charge is 2.22. The fourth-order valence-electron chi connectivity index (χ4n) is 8.81. The SMILES string of the molecule is c1ccc2cc(-n3c4ccccc4c4cc(-c5ccc(N(c6cccc7c6sc6ccccc67)c6cccc7oc8ccccc8c67)cc5)ccc43)ccc2c1. The van der Waals surface area contributed by atoms with Gasteiger partial charge in [-0.3, -0.25) is 0 Å². The average molecular weight is 733 g/mol. The molecule has 3 aromatic heterocycles. The molecule has 0 bridgehead atoms. The van der Waals surface area contributed by atoms with Gasteiger partial charge in [-0.1, -0.05) is 121 Å². The molecule has 0 fully saturated rings. The quantitative estimate of drug-likeness (QED) is 0.176. The molecule has 56 heavy (non-hydrogen) atoms. The van der Waals surface area contributed by atoms with Crippen molar-refractivity contribution in [1.82, 2.24) is 4.57 Å². The van der Waals surface area contributed by atoms with Gasteiger partial charge in [-0.05, 0) is 94.7 Å². The Hall–Kier alpha value is -7.14. The van der Waals surface area contributed by atoms with Crippen molar-refractivity contribution in [2.45, 2.75) is 0 Å². The standard InChI is InChI=1S/C52H32N2OS/c1-2-12-35-31-38(29-25-33(35)11-1)54-44-17-6-3-13-39(44)43-32-36(26-30-45(43)54)34-23-27-37(28-24-34)53(46-18-10-21-49-51(46)42-15-4-7-20-48(42)55-49)47-19-9-16-41-40-14-5-8-22-50(40)56-52(41)47/h1-32H. The smallest absolute Gasteiger partial charge is 0.137 e. The Morgan fingerprint density at radius 3 is 2.02 bits per heavy atom. The molecule has 0 spiro atoms. The van der Waals surface area contributed by atoms with Crippen molar-refractivity contribution in [3.63, 3.8) is 0 Å². The highest BCUT2D eigenvalue weighted by molar-refractivity contribution is 7.26. The molecule has 0 radical (unpaired) electrons. The largest absolute Gasteiger partial charge is 0.456 e. The molecule has 12 aromatic rings. The van der Waals surface area contributed by atoms with Crippen molar-refractivity contribution >= 4 is 103 Å². The van der Waals surface area contributed by atoms with E-state index in [2.05, 4.69) is 198 Å². The van der Waals surface area contributed by atoms with E-state index >= 15 is 0 Å². The van der Waals surface area contributed by atoms with Crippen LogP contribution in [0.1, 0.15) is 0 Å². The number of para-hydroxylation sites is 2. The van der Waals surface area contributed by atoms with E-state index in [9.17, 15) is 0 Å². The molecule has 0 unspecified atom stereocenters. The second-order valence-electron chi connectivity index (χ2n) is 14.5. The topological polar surface area (TPSA) is 21.3 Å². The summed E-state index contributed by atoms with van der Waals surface area (Å²) in [7, 11) is 0. The van der Waals surface area contributed by atoms with E-state index in [0.29, 0.717) is 0 Å². The maximum atomic E-state index is 6.42. The fourth-order valence-corrected chi connectivity index (χ4v) is 10.0. The van der Waals surface area contributed by atoms with Crippen molar-refractivity contribution < 1.29 is 4.42 Å². The van der Waals surface area contributed by atoms with Gasteiger partial charge in [0, 0.05) is 43.0 Å². The van der Waals surface area contributed by atoms with Gasteiger partial charge in [0.2, 0.25) is 0 Å². The molecule has 0 saturated heterocycles. The Kier molecular flexibility index (Phi) is 6.80. The lowest BCUT2D eigenvalue weighted by molar-refractivity contribution is 0.669. The maximum absolute atomic E-state index is 6.42. The number of aromatic nitrogens is 1. The van der Waals surface area contributed by atoms with Crippen molar-refractivity contribution in [1.29, 1.82) is 0 Å². The van der Waals surface area contributed by atoms with Gasteiger partial charge in [-0.2, -0.15) is 0 Å². The lowest BCUT2D eigenvalue weighted by Gasteiger charge is -2.27. The number of thiophene rings is 1. The molecular weight excluding hydrogens is 701 g/mol. The first-order valence-electron chi connectivity index (χ1n) is 19.0. The summed E-state index contributed by atoms with van der Waals surface area (Å²) in [4.78, 5) is 2.42. The molecule has 0 aliphatic rings. The van der Waals surface area contributed by atoms with Crippen LogP contribution >= 0.6 is 11.3 Å². The van der Waals surface area contributed by atoms with E-state index in [1.54, 1.807) is 0 Å². The number of hydrogen-bond acceptors (Lipinski definition) is 3. The summed E-state index contributed by atoms with van der Waals surface area (Å²) in [5.41, 5.74) is 11.0. The molecule has 0 aliphatic heterocycles. The van der Waals surface area contributed by atoms with Gasteiger partial charge in [-0.25, -0.2) is 0 Å². The first-order chi connectivity index (χ1) is 27.8. The predicted octanol–water partition coefficient (Wildman–Crippen LogP) is 15.3. The van der Waals surface area contributed by atoms with Gasteiger partial charge in [-0.15, -0.1) is 11.3 Å². The van der Waals surface area contributed by atoms with Crippen LogP contribution in [0.4, 0.5) is 17.1 Å². The Balaban J connectivity index is 1.02. The number of benzene rings is 9. The number of furan rings is 1. The van der Waals surface area contributed by atoms with Crippen molar-refractivity contribution in [3.05, 3.63) is 194 Å². The summed E-state index contributed by atoms with van der Waals surface area (Å²) in [5.74, 6) is 0. The van der Waals surface area contributed by atoms with Crippen LogP contribution in [0.15, 0.2) is 199 Å². The summed E-state index contributed by atoms with van der Waals surface area (Å²) in [6.07, 6.45) is 0. The second kappa shape index (κ2) is 12.2. The van der Waals surface area contributed by atoms with E-state index in [-0.39, 0.29) is 0 Å². The number of nitrogens with zero attached hydrogens (tertiary/aromatic N) is 2. The zero-order valence-corrected chi connectivity index (χ0v) is 31.0. The van der Waals surface area contributed by atoms with Gasteiger partial charge in [0.1, 0.15) is 11.2 Å². The molecule has 0 amide bonds. The monoisotopic (exact) mass is 732 g/mol. The van der Waals surface area contributed by atoms with Gasteiger partial charge in [0.15, 0.2) is 0 Å². The minimum atomic E-state index is 0.880. The minimum absolute atomic E-state index is 0.880. The van der Waals surface area contributed by atoms with Crippen LogP contribution < -0.4 is 4.90 Å². The first kappa shape index (κ1) is 31.2. The molecule has 3 nitrogen and oxygen atoms in total. The van der Waals surface area contributed by atoms with E-state index in [1.165, 1.54) is 69.6 Å². The summed E-state index contributed by atoms with van der Waals surface area (Å²) in [6, 6.07) is 70.2. The van der Waals surface area contributed by atoms with Crippen LogP contribution in [-0.2, 0) is 0 Å². The van der Waals surface area contributed by atoms with Crippen molar-refractivity contribution in [3.8, 4) is 16.8 Å². The maximum Gasteiger partial charge on any atom is 0.137 e. The normalized spacial score (nSPS) is 11.9. The van der Waals surface area contributed by atoms with E-state index in [1.807, 2.05) is 17.4 Å². The van der Waals surface area contributed by atoms with Crippen LogP contribution in [0.2, 0.25) is 0 Å². The van der Waals surface area contributed by atoms with E-state index in [4.69, 9.17) is 4.42 Å². The molecular formula is C52H32N2OS. The van der Waals surface area contributed by atoms with Crippen molar-refractivity contribution in [2.24, 2.45) is 0 Å². The lowest BCUT2D eigenvalue weighted by atomic mass is 10.0. The minimum Gasteiger partial charge on any atom is -0.456 e. The van der Waals surface area contributed by atoms with Gasteiger partial charge < -0.3 is 13.9 Å². The van der Waals surface area contributed by atoms with Crippen LogP contribution in [0.25, 0.3) is 91.5 Å². The number of hydrogen-bond donors (Lipinski definition) is 0. The number of fused-ring (bicyclic) bond motifs is 10. The Bertz CT molecular complexity index is 3500. The molecule has 0 saturated carbocycles. The van der Waals surface area contributed by atoms with Gasteiger partial charge in [0.05, 0.1) is 32.5 Å². The third-order valence-corrected chi connectivity index (χ3v) is 12.6. The molecule has 262 valence electrons. The second-order valence-corrected chi connectivity index (χ2v) is 15.6. The Labute approximate surface area is 326 Å². The zero-order chi connectivity index (χ0) is 36.7. The van der Waals surface area contributed by atoms with Gasteiger partial charge >= 0.3 is 0 Å². The molecule has 4 heteroatoms. The van der Waals surface area contributed by atoms with Crippen LogP contribution in [-0.4, -0.2) is 4.57 Å². The summed E-state index contributed by atoms with van der Waals surface area (Å²) in [6.45, 7) is 0. The molecule has 9 aromatic carbocycles. The molecule has 0 N–H and O–H groups in total. The number of rotatable bonds is 5. The van der Waals surface area contributed by atoms with Gasteiger partial charge in [0.25, 0.3) is 0 Å². The van der Waals surface area contributed by atoms with E-state index < -0.39 is 0 Å². The molecule has 3 heterocycles. The van der Waals surface area contributed by atoms with Crippen LogP contribution in [0, 0.1) is 0 Å². The summed E-state index contributed by atoms with van der Waals surface area (Å²) in [5, 5.41) is 9.75. The predicted molar refractivity (Wildman–Crippen MR) is 239 cm³/mol. The Morgan fingerprint density at radius 2 is 1.11 bits per heavy atom.